The summed E-state index contributed by atoms with van der Waals surface area (Å²) in [5.74, 6) is 0.384. The Hall–Kier alpha value is -2.06. The van der Waals surface area contributed by atoms with Gasteiger partial charge in [0.1, 0.15) is 0 Å². The first-order valence-electron chi connectivity index (χ1n) is 7.94. The smallest absolute Gasteiger partial charge is 0.321 e. The number of carbonyl (C=O) groups is 2. The number of thioether (sulfide) groups is 1. The minimum atomic E-state index is -0.482. The highest BCUT2D eigenvalue weighted by Gasteiger charge is 2.15. The van der Waals surface area contributed by atoms with Gasteiger partial charge in [-0.3, -0.25) is 10.1 Å². The lowest BCUT2D eigenvalue weighted by Crippen LogP contribution is -2.40. The van der Waals surface area contributed by atoms with Crippen molar-refractivity contribution in [2.45, 2.75) is 32.0 Å². The maximum atomic E-state index is 11.8. The summed E-state index contributed by atoms with van der Waals surface area (Å²) >= 11 is 7.26. The Balaban J connectivity index is 2.01. The highest BCUT2D eigenvalue weighted by Crippen LogP contribution is 2.25. The Bertz CT molecular complexity index is 750. The number of benzene rings is 1. The molecule has 1 aromatic heterocycles. The van der Waals surface area contributed by atoms with Crippen molar-refractivity contribution in [3.63, 3.8) is 0 Å². The van der Waals surface area contributed by atoms with E-state index in [1.165, 1.54) is 11.8 Å². The summed E-state index contributed by atoms with van der Waals surface area (Å²) in [5, 5.41) is 14.5. The normalized spacial score (nSPS) is 10.5. The second-order valence-corrected chi connectivity index (χ2v) is 6.53. The van der Waals surface area contributed by atoms with E-state index in [4.69, 9.17) is 11.6 Å². The van der Waals surface area contributed by atoms with Gasteiger partial charge in [0, 0.05) is 23.7 Å². The molecule has 0 fully saturated rings. The first-order valence-corrected chi connectivity index (χ1v) is 9.31. The second-order valence-electron chi connectivity index (χ2n) is 5.15. The van der Waals surface area contributed by atoms with E-state index in [9.17, 15) is 9.59 Å². The van der Waals surface area contributed by atoms with Crippen LogP contribution in [0.25, 0.3) is 11.4 Å². The van der Waals surface area contributed by atoms with Crippen molar-refractivity contribution in [3.05, 3.63) is 29.3 Å². The van der Waals surface area contributed by atoms with Gasteiger partial charge in [-0.1, -0.05) is 42.4 Å². The molecule has 0 radical (unpaired) electrons. The van der Waals surface area contributed by atoms with E-state index in [1.54, 1.807) is 6.07 Å². The maximum Gasteiger partial charge on any atom is 0.321 e. The number of rotatable bonds is 7. The molecule has 2 N–H and O–H groups in total. The Morgan fingerprint density at radius 2 is 2.08 bits per heavy atom. The van der Waals surface area contributed by atoms with Crippen LogP contribution in [0.5, 0.6) is 0 Å². The van der Waals surface area contributed by atoms with Crippen LogP contribution in [0.15, 0.2) is 29.4 Å². The van der Waals surface area contributed by atoms with Crippen molar-refractivity contribution in [2.75, 3.05) is 12.3 Å². The summed E-state index contributed by atoms with van der Waals surface area (Å²) in [6.07, 6.45) is 0.808. The zero-order valence-corrected chi connectivity index (χ0v) is 15.7. The van der Waals surface area contributed by atoms with Crippen LogP contribution in [0.1, 0.15) is 20.3 Å². The van der Waals surface area contributed by atoms with Gasteiger partial charge in [0.2, 0.25) is 5.91 Å². The van der Waals surface area contributed by atoms with Gasteiger partial charge in [0.25, 0.3) is 0 Å². The molecule has 0 atom stereocenters. The number of hydrogen-bond acceptors (Lipinski definition) is 5. The molecule has 134 valence electrons. The van der Waals surface area contributed by atoms with E-state index in [0.717, 1.165) is 12.0 Å². The van der Waals surface area contributed by atoms with Crippen LogP contribution in [-0.2, 0) is 11.3 Å². The van der Waals surface area contributed by atoms with E-state index in [0.29, 0.717) is 29.1 Å². The third-order valence-corrected chi connectivity index (χ3v) is 4.44. The highest BCUT2D eigenvalue weighted by molar-refractivity contribution is 7.99. The number of urea groups is 1. The quantitative estimate of drug-likeness (QED) is 0.720. The van der Waals surface area contributed by atoms with Gasteiger partial charge >= 0.3 is 6.03 Å². The summed E-state index contributed by atoms with van der Waals surface area (Å²) in [4.78, 5) is 23.3. The predicted molar refractivity (Wildman–Crippen MR) is 98.7 cm³/mol. The van der Waals surface area contributed by atoms with Crippen LogP contribution in [-0.4, -0.2) is 39.0 Å². The monoisotopic (exact) mass is 381 g/mol. The zero-order chi connectivity index (χ0) is 18.2. The molecular weight excluding hydrogens is 362 g/mol. The lowest BCUT2D eigenvalue weighted by molar-refractivity contribution is -0.117. The summed E-state index contributed by atoms with van der Waals surface area (Å²) in [6.45, 7) is 5.09. The zero-order valence-electron chi connectivity index (χ0n) is 14.1. The Labute approximate surface area is 155 Å². The first-order chi connectivity index (χ1) is 12.0. The average Bonchev–Trinajstić information content (AvgIpc) is 3.01. The maximum absolute atomic E-state index is 11.8. The van der Waals surface area contributed by atoms with Crippen molar-refractivity contribution in [2.24, 2.45) is 0 Å². The molecule has 0 aliphatic carbocycles. The van der Waals surface area contributed by atoms with Crippen molar-refractivity contribution in [1.29, 1.82) is 0 Å². The molecule has 9 heteroatoms. The fraction of sp³-hybridized carbons (Fsp3) is 0.375. The van der Waals surface area contributed by atoms with Crippen LogP contribution in [0.2, 0.25) is 5.02 Å². The topological polar surface area (TPSA) is 88.9 Å². The fourth-order valence-corrected chi connectivity index (χ4v) is 3.09. The molecule has 2 rings (SSSR count). The summed E-state index contributed by atoms with van der Waals surface area (Å²) in [7, 11) is 0. The predicted octanol–water partition coefficient (Wildman–Crippen LogP) is 2.95. The third-order valence-electron chi connectivity index (χ3n) is 3.24. The van der Waals surface area contributed by atoms with Crippen molar-refractivity contribution < 1.29 is 9.59 Å². The number of carbonyl (C=O) groups excluding carboxylic acids is 2. The van der Waals surface area contributed by atoms with Gasteiger partial charge < -0.3 is 9.88 Å². The molecule has 0 aliphatic rings. The molecule has 3 amide bonds. The summed E-state index contributed by atoms with van der Waals surface area (Å²) in [5.41, 5.74) is 0.858. The molecule has 0 aliphatic heterocycles. The molecule has 25 heavy (non-hydrogen) atoms. The minimum Gasteiger partial charge on any atom is -0.338 e. The van der Waals surface area contributed by atoms with Crippen molar-refractivity contribution in [1.82, 2.24) is 25.4 Å². The summed E-state index contributed by atoms with van der Waals surface area (Å²) < 4.78 is 1.90. The van der Waals surface area contributed by atoms with Crippen LogP contribution in [0.3, 0.4) is 0 Å². The number of imide groups is 1. The third kappa shape index (κ3) is 5.47. The number of hydrogen-bond donors (Lipinski definition) is 2. The largest absolute Gasteiger partial charge is 0.338 e. The lowest BCUT2D eigenvalue weighted by atomic mass is 10.2. The summed E-state index contributed by atoms with van der Waals surface area (Å²) in [6, 6.07) is 6.88. The average molecular weight is 382 g/mol. The molecule has 0 saturated heterocycles. The molecule has 1 heterocycles. The van der Waals surface area contributed by atoms with Crippen molar-refractivity contribution >= 4 is 35.3 Å². The fourth-order valence-electron chi connectivity index (χ4n) is 2.10. The minimum absolute atomic E-state index is 0.0766. The van der Waals surface area contributed by atoms with Crippen LogP contribution >= 0.6 is 23.4 Å². The van der Waals surface area contributed by atoms with E-state index < -0.39 is 6.03 Å². The molecule has 0 saturated carbocycles. The van der Waals surface area contributed by atoms with Crippen LogP contribution in [0, 0.1) is 0 Å². The van der Waals surface area contributed by atoms with E-state index in [2.05, 4.69) is 20.8 Å². The van der Waals surface area contributed by atoms with Gasteiger partial charge in [0.15, 0.2) is 11.0 Å². The second kappa shape index (κ2) is 9.43. The van der Waals surface area contributed by atoms with Gasteiger partial charge in [-0.05, 0) is 25.5 Å². The lowest BCUT2D eigenvalue weighted by Gasteiger charge is -2.08. The van der Waals surface area contributed by atoms with E-state index in [1.807, 2.05) is 36.6 Å². The SMILES string of the molecule is CCCNC(=O)NC(=O)CSc1nnc(-c2cccc(Cl)c2)n1CC. The Morgan fingerprint density at radius 3 is 2.76 bits per heavy atom. The molecule has 0 bridgehead atoms. The highest BCUT2D eigenvalue weighted by atomic mass is 35.5. The van der Waals surface area contributed by atoms with Gasteiger partial charge in [0.05, 0.1) is 5.75 Å². The molecule has 2 aromatic rings. The number of nitrogens with one attached hydrogen (secondary N) is 2. The number of nitrogens with zero attached hydrogens (tertiary/aromatic N) is 3. The van der Waals surface area contributed by atoms with Gasteiger partial charge in [-0.2, -0.15) is 0 Å². The van der Waals surface area contributed by atoms with Crippen LogP contribution < -0.4 is 10.6 Å². The molecule has 1 aromatic carbocycles. The number of aromatic nitrogens is 3. The van der Waals surface area contributed by atoms with Gasteiger partial charge in [-0.25, -0.2) is 4.79 Å². The molecule has 0 spiro atoms. The Kier molecular flexibility index (Phi) is 7.27. The number of amides is 3. The van der Waals surface area contributed by atoms with E-state index >= 15 is 0 Å². The number of halogens is 1. The molecule has 7 nitrogen and oxygen atoms in total. The first kappa shape index (κ1) is 19.3. The van der Waals surface area contributed by atoms with Crippen molar-refractivity contribution in [3.8, 4) is 11.4 Å². The van der Waals surface area contributed by atoms with E-state index in [-0.39, 0.29) is 11.7 Å². The Morgan fingerprint density at radius 1 is 1.28 bits per heavy atom. The molecule has 0 unspecified atom stereocenters. The van der Waals surface area contributed by atoms with Gasteiger partial charge in [-0.15, -0.1) is 10.2 Å². The standard InChI is InChI=1S/C16H20ClN5O2S/c1-3-8-18-15(24)19-13(23)10-25-16-21-20-14(22(16)4-2)11-6-5-7-12(17)9-11/h5-7,9H,3-4,8,10H2,1-2H3,(H2,18,19,23,24). The molecular formula is C16H20ClN5O2S. The van der Waals surface area contributed by atoms with Crippen LogP contribution in [0.4, 0.5) is 4.79 Å².